The van der Waals surface area contributed by atoms with Gasteiger partial charge >= 0.3 is 0 Å². The molecule has 0 bridgehead atoms. The molecule has 14 heavy (non-hydrogen) atoms. The average molecular weight is 197 g/mol. The molecular formula is C13H27N. The van der Waals surface area contributed by atoms with E-state index in [1.165, 1.54) is 57.9 Å². The minimum Gasteiger partial charge on any atom is -0.314 e. The Labute approximate surface area is 89.7 Å². The molecule has 0 aromatic rings. The first-order chi connectivity index (χ1) is 6.83. The highest BCUT2D eigenvalue weighted by molar-refractivity contribution is 4.75. The zero-order chi connectivity index (χ0) is 10.2. The van der Waals surface area contributed by atoms with E-state index in [0.29, 0.717) is 0 Å². The summed E-state index contributed by atoms with van der Waals surface area (Å²) in [5, 5.41) is 3.71. The summed E-state index contributed by atoms with van der Waals surface area (Å²) in [5.74, 6) is 0.955. The number of rotatable bonds is 6. The summed E-state index contributed by atoms with van der Waals surface area (Å²) < 4.78 is 0. The van der Waals surface area contributed by atoms with Crippen molar-refractivity contribution >= 4 is 0 Å². The van der Waals surface area contributed by atoms with E-state index in [2.05, 4.69) is 19.2 Å². The Hall–Kier alpha value is -0.0400. The van der Waals surface area contributed by atoms with Crippen LogP contribution in [0, 0.1) is 5.92 Å². The van der Waals surface area contributed by atoms with E-state index in [9.17, 15) is 0 Å². The zero-order valence-corrected chi connectivity index (χ0v) is 10.0. The number of hydrogen-bond acceptors (Lipinski definition) is 1. The number of unbranched alkanes of at least 4 members (excludes halogenated alkanes) is 3. The van der Waals surface area contributed by atoms with Crippen LogP contribution in [0.1, 0.15) is 65.2 Å². The largest absolute Gasteiger partial charge is 0.314 e. The second kappa shape index (κ2) is 7.28. The first kappa shape index (κ1) is 12.0. The fourth-order valence-corrected chi connectivity index (χ4v) is 2.48. The molecule has 1 fully saturated rings. The van der Waals surface area contributed by atoms with Crippen molar-refractivity contribution in [2.24, 2.45) is 5.92 Å². The van der Waals surface area contributed by atoms with Crippen molar-refractivity contribution in [1.82, 2.24) is 5.32 Å². The second-order valence-corrected chi connectivity index (χ2v) is 4.98. The van der Waals surface area contributed by atoms with Crippen LogP contribution in [0.15, 0.2) is 0 Å². The highest BCUT2D eigenvalue weighted by Crippen LogP contribution is 2.23. The molecule has 1 saturated carbocycles. The molecule has 0 unspecified atom stereocenters. The monoisotopic (exact) mass is 197 g/mol. The van der Waals surface area contributed by atoms with Crippen molar-refractivity contribution in [1.29, 1.82) is 0 Å². The van der Waals surface area contributed by atoms with E-state index >= 15 is 0 Å². The Morgan fingerprint density at radius 3 is 2.71 bits per heavy atom. The Morgan fingerprint density at radius 1 is 1.14 bits per heavy atom. The average Bonchev–Trinajstić information content (AvgIpc) is 2.18. The SMILES string of the molecule is CCCCCCN[C@H]1CCC[C@@H](C)C1. The summed E-state index contributed by atoms with van der Waals surface area (Å²) in [6.45, 7) is 5.92. The number of nitrogens with one attached hydrogen (secondary N) is 1. The van der Waals surface area contributed by atoms with Crippen molar-refractivity contribution < 1.29 is 0 Å². The lowest BCUT2D eigenvalue weighted by atomic mass is 9.87. The summed E-state index contributed by atoms with van der Waals surface area (Å²) in [7, 11) is 0. The van der Waals surface area contributed by atoms with Gasteiger partial charge in [-0.15, -0.1) is 0 Å². The first-order valence-electron chi connectivity index (χ1n) is 6.56. The van der Waals surface area contributed by atoms with Crippen molar-refractivity contribution in [3.63, 3.8) is 0 Å². The smallest absolute Gasteiger partial charge is 0.00696 e. The van der Waals surface area contributed by atoms with Gasteiger partial charge in [-0.25, -0.2) is 0 Å². The van der Waals surface area contributed by atoms with E-state index < -0.39 is 0 Å². The second-order valence-electron chi connectivity index (χ2n) is 4.98. The molecule has 1 heteroatoms. The highest BCUT2D eigenvalue weighted by atomic mass is 14.9. The fraction of sp³-hybridized carbons (Fsp3) is 1.00. The Morgan fingerprint density at radius 2 is 2.00 bits per heavy atom. The maximum atomic E-state index is 3.71. The molecule has 1 rings (SSSR count). The third-order valence-electron chi connectivity index (χ3n) is 3.40. The highest BCUT2D eigenvalue weighted by Gasteiger charge is 2.17. The molecule has 0 radical (unpaired) electrons. The van der Waals surface area contributed by atoms with Crippen molar-refractivity contribution in [3.05, 3.63) is 0 Å². The molecule has 0 spiro atoms. The maximum absolute atomic E-state index is 3.71. The van der Waals surface area contributed by atoms with Gasteiger partial charge < -0.3 is 5.32 Å². The molecular weight excluding hydrogens is 170 g/mol. The molecule has 1 aliphatic rings. The van der Waals surface area contributed by atoms with E-state index in [1.54, 1.807) is 0 Å². The van der Waals surface area contributed by atoms with E-state index in [1.807, 2.05) is 0 Å². The van der Waals surface area contributed by atoms with Gasteiger partial charge in [0.2, 0.25) is 0 Å². The third kappa shape index (κ3) is 4.99. The normalized spacial score (nSPS) is 27.9. The minimum atomic E-state index is 0.834. The maximum Gasteiger partial charge on any atom is 0.00696 e. The van der Waals surface area contributed by atoms with Gasteiger partial charge in [-0.3, -0.25) is 0 Å². The van der Waals surface area contributed by atoms with Crippen molar-refractivity contribution in [2.45, 2.75) is 71.3 Å². The molecule has 0 aromatic heterocycles. The molecule has 84 valence electrons. The summed E-state index contributed by atoms with van der Waals surface area (Å²) in [6.07, 6.45) is 11.3. The van der Waals surface area contributed by atoms with Crippen LogP contribution in [0.2, 0.25) is 0 Å². The van der Waals surface area contributed by atoms with Gasteiger partial charge in [0.1, 0.15) is 0 Å². The summed E-state index contributed by atoms with van der Waals surface area (Å²) in [5.41, 5.74) is 0. The van der Waals surface area contributed by atoms with Gasteiger partial charge in [-0.1, -0.05) is 46.0 Å². The van der Waals surface area contributed by atoms with Crippen molar-refractivity contribution in [3.8, 4) is 0 Å². The van der Waals surface area contributed by atoms with Crippen molar-refractivity contribution in [2.75, 3.05) is 6.54 Å². The lowest BCUT2D eigenvalue weighted by Gasteiger charge is -2.27. The minimum absolute atomic E-state index is 0.834. The molecule has 2 atom stereocenters. The van der Waals surface area contributed by atoms with Crippen LogP contribution in [0.5, 0.6) is 0 Å². The molecule has 0 amide bonds. The number of hydrogen-bond donors (Lipinski definition) is 1. The molecule has 0 saturated heterocycles. The van der Waals surface area contributed by atoms with Crippen LogP contribution < -0.4 is 5.32 Å². The van der Waals surface area contributed by atoms with Gasteiger partial charge in [0.25, 0.3) is 0 Å². The fourth-order valence-electron chi connectivity index (χ4n) is 2.48. The summed E-state index contributed by atoms with van der Waals surface area (Å²) >= 11 is 0. The standard InChI is InChI=1S/C13H27N/c1-3-4-5-6-10-14-13-9-7-8-12(2)11-13/h12-14H,3-11H2,1-2H3/t12-,13+/m1/s1. The Balaban J connectivity index is 1.95. The van der Waals surface area contributed by atoms with E-state index in [0.717, 1.165) is 12.0 Å². The van der Waals surface area contributed by atoms with Crippen LogP contribution in [0.25, 0.3) is 0 Å². The zero-order valence-electron chi connectivity index (χ0n) is 10.0. The summed E-state index contributed by atoms with van der Waals surface area (Å²) in [6, 6.07) is 0.834. The first-order valence-corrected chi connectivity index (χ1v) is 6.56. The molecule has 1 N–H and O–H groups in total. The van der Waals surface area contributed by atoms with Gasteiger partial charge in [0.15, 0.2) is 0 Å². The van der Waals surface area contributed by atoms with Gasteiger partial charge in [-0.05, 0) is 31.7 Å². The van der Waals surface area contributed by atoms with Crippen LogP contribution in [-0.2, 0) is 0 Å². The van der Waals surface area contributed by atoms with Crippen LogP contribution in [-0.4, -0.2) is 12.6 Å². The molecule has 0 aliphatic heterocycles. The lowest BCUT2D eigenvalue weighted by molar-refractivity contribution is 0.300. The van der Waals surface area contributed by atoms with Crippen LogP contribution >= 0.6 is 0 Å². The lowest BCUT2D eigenvalue weighted by Crippen LogP contribution is -2.34. The summed E-state index contributed by atoms with van der Waals surface area (Å²) in [4.78, 5) is 0. The van der Waals surface area contributed by atoms with Gasteiger partial charge in [0.05, 0.1) is 0 Å². The van der Waals surface area contributed by atoms with Gasteiger partial charge in [0, 0.05) is 6.04 Å². The van der Waals surface area contributed by atoms with Gasteiger partial charge in [-0.2, -0.15) is 0 Å². The predicted molar refractivity (Wildman–Crippen MR) is 63.6 cm³/mol. The molecule has 1 aliphatic carbocycles. The Kier molecular flexibility index (Phi) is 6.25. The molecule has 1 nitrogen and oxygen atoms in total. The third-order valence-corrected chi connectivity index (χ3v) is 3.40. The van der Waals surface area contributed by atoms with E-state index in [4.69, 9.17) is 0 Å². The Bertz CT molecular complexity index is 133. The van der Waals surface area contributed by atoms with Crippen LogP contribution in [0.3, 0.4) is 0 Å². The van der Waals surface area contributed by atoms with Crippen LogP contribution in [0.4, 0.5) is 0 Å². The molecule has 0 heterocycles. The molecule has 0 aromatic carbocycles. The van der Waals surface area contributed by atoms with E-state index in [-0.39, 0.29) is 0 Å². The predicted octanol–water partition coefficient (Wildman–Crippen LogP) is 3.74. The quantitative estimate of drug-likeness (QED) is 0.640. The topological polar surface area (TPSA) is 12.0 Å².